The largest absolute Gasteiger partial charge is 0.481 e. The van der Waals surface area contributed by atoms with Gasteiger partial charge >= 0.3 is 5.97 Å². The molecule has 4 atom stereocenters. The summed E-state index contributed by atoms with van der Waals surface area (Å²) in [5.74, 6) is -2.21. The molecule has 2 unspecified atom stereocenters. The number of carboxylic acid groups (broad SMARTS) is 1. The third-order valence-corrected chi connectivity index (χ3v) is 3.94. The Hall–Kier alpha value is -1.10. The first-order valence-electron chi connectivity index (χ1n) is 6.81. The van der Waals surface area contributed by atoms with Gasteiger partial charge in [0, 0.05) is 6.54 Å². The van der Waals surface area contributed by atoms with Crippen LogP contribution >= 0.6 is 0 Å². The smallest absolute Gasteiger partial charge is 0.310 e. The highest BCUT2D eigenvalue weighted by Crippen LogP contribution is 2.43. The fraction of sp³-hybridized carbons (Fsp3) is 0.846. The lowest BCUT2D eigenvalue weighted by molar-refractivity contribution is -0.147. The molecule has 0 aromatic rings. The number of carbonyl (C=O) groups excluding carboxylic acids is 1. The van der Waals surface area contributed by atoms with Gasteiger partial charge in [-0.05, 0) is 19.3 Å². The molecule has 0 aromatic carbocycles. The van der Waals surface area contributed by atoms with Crippen molar-refractivity contribution in [2.45, 2.75) is 51.2 Å². The molecule has 2 rings (SSSR count). The lowest BCUT2D eigenvalue weighted by atomic mass is 9.78. The molecule has 2 N–H and O–H groups in total. The van der Waals surface area contributed by atoms with Crippen molar-refractivity contribution >= 4 is 11.9 Å². The van der Waals surface area contributed by atoms with E-state index in [1.807, 2.05) is 0 Å². The Morgan fingerprint density at radius 3 is 2.50 bits per heavy atom. The van der Waals surface area contributed by atoms with Crippen LogP contribution in [0.4, 0.5) is 0 Å². The standard InChI is InChI=1S/C13H21NO4/c1-2-3-4-7-14-12(15)10-8-5-6-9(18-8)11(10)13(16)17/h8-11H,2-7H2,1H3,(H,14,15)(H,16,17)/t8-,9-,10?,11?/m1/s1. The summed E-state index contributed by atoms with van der Waals surface area (Å²) in [6.07, 6.45) is 4.24. The molecular formula is C13H21NO4. The zero-order chi connectivity index (χ0) is 13.1. The van der Waals surface area contributed by atoms with E-state index in [2.05, 4.69) is 12.2 Å². The quantitative estimate of drug-likeness (QED) is 0.699. The van der Waals surface area contributed by atoms with Gasteiger partial charge in [0.05, 0.1) is 24.0 Å². The molecule has 2 aliphatic rings. The summed E-state index contributed by atoms with van der Waals surface area (Å²) in [4.78, 5) is 23.3. The van der Waals surface area contributed by atoms with Crippen LogP contribution in [0, 0.1) is 11.8 Å². The first-order chi connectivity index (χ1) is 8.65. The first kappa shape index (κ1) is 13.3. The second-order valence-corrected chi connectivity index (χ2v) is 5.18. The number of rotatable bonds is 6. The summed E-state index contributed by atoms with van der Waals surface area (Å²) in [5.41, 5.74) is 0. The van der Waals surface area contributed by atoms with E-state index in [9.17, 15) is 14.7 Å². The minimum Gasteiger partial charge on any atom is -0.481 e. The van der Waals surface area contributed by atoms with Gasteiger partial charge < -0.3 is 15.2 Å². The molecule has 0 radical (unpaired) electrons. The predicted molar refractivity (Wildman–Crippen MR) is 65.0 cm³/mol. The maximum absolute atomic E-state index is 12.1. The number of hydrogen-bond acceptors (Lipinski definition) is 3. The van der Waals surface area contributed by atoms with E-state index >= 15 is 0 Å². The SMILES string of the molecule is CCCCCNC(=O)C1C(C(=O)O)[C@H]2CC[C@H]1O2. The topological polar surface area (TPSA) is 75.6 Å². The van der Waals surface area contributed by atoms with Gasteiger partial charge in [0.1, 0.15) is 0 Å². The third-order valence-electron chi connectivity index (χ3n) is 3.94. The molecule has 2 fully saturated rings. The van der Waals surface area contributed by atoms with Gasteiger partial charge in [-0.3, -0.25) is 9.59 Å². The fourth-order valence-corrected chi connectivity index (χ4v) is 3.03. The van der Waals surface area contributed by atoms with E-state index in [-0.39, 0.29) is 18.1 Å². The Balaban J connectivity index is 1.90. The van der Waals surface area contributed by atoms with Crippen LogP contribution in [0.1, 0.15) is 39.0 Å². The average molecular weight is 255 g/mol. The van der Waals surface area contributed by atoms with Crippen LogP contribution in [0.25, 0.3) is 0 Å². The van der Waals surface area contributed by atoms with Crippen LogP contribution < -0.4 is 5.32 Å². The van der Waals surface area contributed by atoms with Crippen molar-refractivity contribution in [1.82, 2.24) is 5.32 Å². The normalized spacial score (nSPS) is 33.6. The summed E-state index contributed by atoms with van der Waals surface area (Å²) >= 11 is 0. The van der Waals surface area contributed by atoms with E-state index in [1.165, 1.54) is 0 Å². The second-order valence-electron chi connectivity index (χ2n) is 5.18. The maximum atomic E-state index is 12.1. The number of amides is 1. The number of fused-ring (bicyclic) bond motifs is 2. The monoisotopic (exact) mass is 255 g/mol. The molecule has 2 heterocycles. The number of aliphatic carboxylic acids is 1. The second kappa shape index (κ2) is 5.69. The van der Waals surface area contributed by atoms with Crippen molar-refractivity contribution in [3.8, 4) is 0 Å². The lowest BCUT2D eigenvalue weighted by Gasteiger charge is -2.23. The van der Waals surface area contributed by atoms with Gasteiger partial charge in [0.2, 0.25) is 5.91 Å². The van der Waals surface area contributed by atoms with E-state index in [0.29, 0.717) is 6.54 Å². The van der Waals surface area contributed by atoms with Crippen LogP contribution in [-0.2, 0) is 14.3 Å². The van der Waals surface area contributed by atoms with Gasteiger partial charge in [-0.25, -0.2) is 0 Å². The average Bonchev–Trinajstić information content (AvgIpc) is 2.94. The molecule has 18 heavy (non-hydrogen) atoms. The molecule has 0 saturated carbocycles. The Labute approximate surface area is 107 Å². The van der Waals surface area contributed by atoms with Gasteiger partial charge in [0.25, 0.3) is 0 Å². The Bertz CT molecular complexity index is 331. The van der Waals surface area contributed by atoms with Crippen molar-refractivity contribution in [3.05, 3.63) is 0 Å². The molecule has 5 heteroatoms. The van der Waals surface area contributed by atoms with Gasteiger partial charge in [-0.15, -0.1) is 0 Å². The number of carboxylic acids is 1. The minimum absolute atomic E-state index is 0.147. The van der Waals surface area contributed by atoms with E-state index in [0.717, 1.165) is 32.1 Å². The molecule has 102 valence electrons. The maximum Gasteiger partial charge on any atom is 0.310 e. The fourth-order valence-electron chi connectivity index (χ4n) is 3.03. The van der Waals surface area contributed by atoms with Crippen LogP contribution in [0.5, 0.6) is 0 Å². The summed E-state index contributed by atoms with van der Waals surface area (Å²) in [6, 6.07) is 0. The highest BCUT2D eigenvalue weighted by Gasteiger charge is 2.55. The Kier molecular flexibility index (Phi) is 4.22. The predicted octanol–water partition coefficient (Wildman–Crippen LogP) is 1.17. The van der Waals surface area contributed by atoms with Gasteiger partial charge in [0.15, 0.2) is 0 Å². The molecule has 2 aliphatic heterocycles. The van der Waals surface area contributed by atoms with Crippen molar-refractivity contribution < 1.29 is 19.4 Å². The van der Waals surface area contributed by atoms with Gasteiger partial charge in [-0.1, -0.05) is 19.8 Å². The summed E-state index contributed by atoms with van der Waals surface area (Å²) in [6.45, 7) is 2.74. The number of nitrogens with one attached hydrogen (secondary N) is 1. The highest BCUT2D eigenvalue weighted by molar-refractivity contribution is 5.86. The Morgan fingerprint density at radius 2 is 1.89 bits per heavy atom. The van der Waals surface area contributed by atoms with Crippen LogP contribution in [-0.4, -0.2) is 35.7 Å². The zero-order valence-corrected chi connectivity index (χ0v) is 10.7. The molecule has 2 bridgehead atoms. The minimum atomic E-state index is -0.907. The van der Waals surface area contributed by atoms with Crippen LogP contribution in [0.2, 0.25) is 0 Å². The van der Waals surface area contributed by atoms with Crippen LogP contribution in [0.3, 0.4) is 0 Å². The summed E-state index contributed by atoms with van der Waals surface area (Å²) < 4.78 is 5.57. The zero-order valence-electron chi connectivity index (χ0n) is 10.7. The highest BCUT2D eigenvalue weighted by atomic mass is 16.5. The Morgan fingerprint density at radius 1 is 1.22 bits per heavy atom. The summed E-state index contributed by atoms with van der Waals surface area (Å²) in [5, 5.41) is 12.1. The van der Waals surface area contributed by atoms with E-state index in [1.54, 1.807) is 0 Å². The molecule has 2 saturated heterocycles. The van der Waals surface area contributed by atoms with Crippen molar-refractivity contribution in [3.63, 3.8) is 0 Å². The van der Waals surface area contributed by atoms with Crippen molar-refractivity contribution in [2.24, 2.45) is 11.8 Å². The van der Waals surface area contributed by atoms with Crippen LogP contribution in [0.15, 0.2) is 0 Å². The number of carbonyl (C=O) groups is 2. The van der Waals surface area contributed by atoms with Gasteiger partial charge in [-0.2, -0.15) is 0 Å². The molecule has 0 aromatic heterocycles. The van der Waals surface area contributed by atoms with Crippen molar-refractivity contribution in [1.29, 1.82) is 0 Å². The molecule has 1 amide bonds. The number of ether oxygens (including phenoxy) is 1. The molecular weight excluding hydrogens is 234 g/mol. The molecule has 5 nitrogen and oxygen atoms in total. The van der Waals surface area contributed by atoms with E-state index < -0.39 is 17.8 Å². The first-order valence-corrected chi connectivity index (χ1v) is 6.81. The summed E-state index contributed by atoms with van der Waals surface area (Å²) in [7, 11) is 0. The number of unbranched alkanes of at least 4 members (excludes halogenated alkanes) is 2. The van der Waals surface area contributed by atoms with E-state index in [4.69, 9.17) is 4.74 Å². The third kappa shape index (κ3) is 2.51. The molecule has 0 aliphatic carbocycles. The lowest BCUT2D eigenvalue weighted by Crippen LogP contribution is -2.44. The molecule has 0 spiro atoms. The number of hydrogen-bond donors (Lipinski definition) is 2. The van der Waals surface area contributed by atoms with Crippen molar-refractivity contribution in [2.75, 3.05) is 6.54 Å².